The Balaban J connectivity index is 3.03. The van der Waals surface area contributed by atoms with Crippen molar-refractivity contribution in [3.05, 3.63) is 24.0 Å². The zero-order valence-corrected chi connectivity index (χ0v) is 11.5. The van der Waals surface area contributed by atoms with Crippen LogP contribution in [0.25, 0.3) is 0 Å². The fourth-order valence-electron chi connectivity index (χ4n) is 1.31. The summed E-state index contributed by atoms with van der Waals surface area (Å²) >= 11 is 0. The van der Waals surface area contributed by atoms with Crippen molar-refractivity contribution in [3.8, 4) is 6.07 Å². The van der Waals surface area contributed by atoms with Crippen LogP contribution in [0.15, 0.2) is 23.2 Å². The number of nitrogens with zero attached hydrogens (tertiary/aromatic N) is 4. The van der Waals surface area contributed by atoms with Gasteiger partial charge in [0.05, 0.1) is 0 Å². The second-order valence-electron chi connectivity index (χ2n) is 4.09. The molecule has 0 aliphatic rings. The number of likely N-dealkylation sites (N-methyl/N-ethyl adjacent to an activating group) is 2. The molecule has 1 rings (SSSR count). The molecule has 0 N–H and O–H groups in total. The third-order valence-electron chi connectivity index (χ3n) is 2.43. The van der Waals surface area contributed by atoms with Crippen molar-refractivity contribution in [1.29, 1.82) is 5.26 Å². The molecule has 0 bridgehead atoms. The molecule has 1 aromatic rings. The SMILES string of the molecule is CN(C)CCN(C)S(=O)(=O)c1cccnc1C#N. The predicted molar refractivity (Wildman–Crippen MR) is 67.3 cm³/mol. The summed E-state index contributed by atoms with van der Waals surface area (Å²) in [5.41, 5.74) is -0.0748. The van der Waals surface area contributed by atoms with Crippen LogP contribution in [0, 0.1) is 11.3 Å². The van der Waals surface area contributed by atoms with Crippen molar-refractivity contribution in [2.24, 2.45) is 0 Å². The summed E-state index contributed by atoms with van der Waals surface area (Å²) in [7, 11) is 1.57. The molecule has 0 amide bonds. The standard InChI is InChI=1S/C11H16N4O2S/c1-14(2)7-8-15(3)18(16,17)11-5-4-6-13-10(11)9-12/h4-6H,7-8H2,1-3H3. The average molecular weight is 268 g/mol. The van der Waals surface area contributed by atoms with Gasteiger partial charge >= 0.3 is 0 Å². The minimum atomic E-state index is -3.66. The molecule has 98 valence electrons. The van der Waals surface area contributed by atoms with E-state index in [1.165, 1.54) is 29.7 Å². The van der Waals surface area contributed by atoms with Crippen molar-refractivity contribution < 1.29 is 8.42 Å². The third kappa shape index (κ3) is 3.26. The number of hydrogen-bond donors (Lipinski definition) is 0. The van der Waals surface area contributed by atoms with E-state index in [9.17, 15) is 8.42 Å². The van der Waals surface area contributed by atoms with Crippen LogP contribution >= 0.6 is 0 Å². The van der Waals surface area contributed by atoms with Gasteiger partial charge in [0.2, 0.25) is 10.0 Å². The van der Waals surface area contributed by atoms with E-state index in [4.69, 9.17) is 5.26 Å². The number of pyridine rings is 1. The highest BCUT2D eigenvalue weighted by atomic mass is 32.2. The number of aromatic nitrogens is 1. The van der Waals surface area contributed by atoms with E-state index in [0.717, 1.165) is 0 Å². The van der Waals surface area contributed by atoms with Gasteiger partial charge in [0, 0.05) is 26.3 Å². The zero-order valence-electron chi connectivity index (χ0n) is 10.7. The summed E-state index contributed by atoms with van der Waals surface area (Å²) in [6, 6.07) is 4.70. The van der Waals surface area contributed by atoms with E-state index < -0.39 is 10.0 Å². The first kappa shape index (κ1) is 14.6. The Morgan fingerprint density at radius 1 is 1.33 bits per heavy atom. The minimum absolute atomic E-state index is 0.0474. The van der Waals surface area contributed by atoms with Gasteiger partial charge in [-0.3, -0.25) is 0 Å². The quantitative estimate of drug-likeness (QED) is 0.759. The molecule has 0 spiro atoms. The third-order valence-corrected chi connectivity index (χ3v) is 4.32. The molecule has 0 atom stereocenters. The van der Waals surface area contributed by atoms with E-state index >= 15 is 0 Å². The maximum absolute atomic E-state index is 12.2. The smallest absolute Gasteiger partial charge is 0.245 e. The van der Waals surface area contributed by atoms with Crippen LogP contribution in [-0.2, 0) is 10.0 Å². The first-order valence-corrected chi connectivity index (χ1v) is 6.79. The van der Waals surface area contributed by atoms with Crippen molar-refractivity contribution in [1.82, 2.24) is 14.2 Å². The van der Waals surface area contributed by atoms with Gasteiger partial charge in [-0.15, -0.1) is 0 Å². The van der Waals surface area contributed by atoms with Gasteiger partial charge in [0.1, 0.15) is 11.0 Å². The molecule has 0 aliphatic carbocycles. The van der Waals surface area contributed by atoms with E-state index in [1.54, 1.807) is 6.07 Å². The number of nitriles is 1. The molecule has 0 aromatic carbocycles. The largest absolute Gasteiger partial charge is 0.308 e. The maximum Gasteiger partial charge on any atom is 0.245 e. The molecule has 1 heterocycles. The van der Waals surface area contributed by atoms with Crippen molar-refractivity contribution >= 4 is 10.0 Å². The van der Waals surface area contributed by atoms with Crippen LogP contribution in [0.3, 0.4) is 0 Å². The van der Waals surface area contributed by atoms with Gasteiger partial charge in [0.15, 0.2) is 5.69 Å². The minimum Gasteiger partial charge on any atom is -0.308 e. The highest BCUT2D eigenvalue weighted by Crippen LogP contribution is 2.16. The van der Waals surface area contributed by atoms with Crippen molar-refractivity contribution in [2.75, 3.05) is 34.2 Å². The van der Waals surface area contributed by atoms with Crippen molar-refractivity contribution in [3.63, 3.8) is 0 Å². The predicted octanol–water partition coefficient (Wildman–Crippen LogP) is 0.135. The van der Waals surface area contributed by atoms with Gasteiger partial charge in [-0.25, -0.2) is 13.4 Å². The molecular formula is C11H16N4O2S. The zero-order chi connectivity index (χ0) is 13.8. The second kappa shape index (κ2) is 5.91. The highest BCUT2D eigenvalue weighted by molar-refractivity contribution is 7.89. The van der Waals surface area contributed by atoms with Gasteiger partial charge in [-0.05, 0) is 26.2 Å². The molecule has 0 aliphatic heterocycles. The van der Waals surface area contributed by atoms with E-state index in [0.29, 0.717) is 13.1 Å². The fraction of sp³-hybridized carbons (Fsp3) is 0.455. The Bertz CT molecular complexity index is 548. The van der Waals surface area contributed by atoms with Crippen LogP contribution in [0.4, 0.5) is 0 Å². The summed E-state index contributed by atoms with van der Waals surface area (Å²) in [5, 5.41) is 8.88. The van der Waals surface area contributed by atoms with Gasteiger partial charge in [0.25, 0.3) is 0 Å². The summed E-state index contributed by atoms with van der Waals surface area (Å²) in [4.78, 5) is 5.61. The molecule has 7 heteroatoms. The molecule has 6 nitrogen and oxygen atoms in total. The average Bonchev–Trinajstić information content (AvgIpc) is 2.35. The summed E-state index contributed by atoms with van der Waals surface area (Å²) < 4.78 is 25.7. The Labute approximate surface area is 108 Å². The summed E-state index contributed by atoms with van der Waals surface area (Å²) in [6.07, 6.45) is 1.40. The molecule has 18 heavy (non-hydrogen) atoms. The van der Waals surface area contributed by atoms with Crippen LogP contribution < -0.4 is 0 Å². The topological polar surface area (TPSA) is 77.3 Å². The van der Waals surface area contributed by atoms with Crippen LogP contribution in [-0.4, -0.2) is 56.8 Å². The monoisotopic (exact) mass is 268 g/mol. The molecular weight excluding hydrogens is 252 g/mol. The first-order valence-electron chi connectivity index (χ1n) is 5.35. The lowest BCUT2D eigenvalue weighted by Gasteiger charge is -2.19. The maximum atomic E-state index is 12.2. The highest BCUT2D eigenvalue weighted by Gasteiger charge is 2.24. The molecule has 0 unspecified atom stereocenters. The van der Waals surface area contributed by atoms with E-state index in [-0.39, 0.29) is 10.6 Å². The number of rotatable bonds is 5. The molecule has 0 saturated heterocycles. The Hall–Kier alpha value is -1.49. The summed E-state index contributed by atoms with van der Waals surface area (Å²) in [5.74, 6) is 0. The van der Waals surface area contributed by atoms with Crippen LogP contribution in [0.5, 0.6) is 0 Å². The van der Waals surface area contributed by atoms with Gasteiger partial charge in [-0.1, -0.05) is 0 Å². The van der Waals surface area contributed by atoms with Gasteiger partial charge in [-0.2, -0.15) is 9.57 Å². The second-order valence-corrected chi connectivity index (χ2v) is 6.11. The molecule has 0 radical (unpaired) electrons. The fourth-order valence-corrected chi connectivity index (χ4v) is 2.56. The normalized spacial score (nSPS) is 11.8. The summed E-state index contributed by atoms with van der Waals surface area (Å²) in [6.45, 7) is 0.965. The molecule has 0 saturated carbocycles. The number of sulfonamides is 1. The van der Waals surface area contributed by atoms with Crippen LogP contribution in [0.2, 0.25) is 0 Å². The van der Waals surface area contributed by atoms with E-state index in [1.807, 2.05) is 19.0 Å². The Morgan fingerprint density at radius 2 is 2.00 bits per heavy atom. The van der Waals surface area contributed by atoms with Crippen LogP contribution in [0.1, 0.15) is 5.69 Å². The lowest BCUT2D eigenvalue weighted by Crippen LogP contribution is -2.34. The molecule has 1 aromatic heterocycles. The lowest BCUT2D eigenvalue weighted by molar-refractivity contribution is 0.358. The lowest BCUT2D eigenvalue weighted by atomic mass is 10.4. The Morgan fingerprint density at radius 3 is 2.56 bits per heavy atom. The number of hydrogen-bond acceptors (Lipinski definition) is 5. The Kier molecular flexibility index (Phi) is 4.78. The van der Waals surface area contributed by atoms with Crippen molar-refractivity contribution in [2.45, 2.75) is 4.90 Å². The van der Waals surface area contributed by atoms with Gasteiger partial charge < -0.3 is 4.90 Å². The molecule has 0 fully saturated rings. The first-order chi connectivity index (χ1) is 8.39. The van der Waals surface area contributed by atoms with E-state index in [2.05, 4.69) is 4.98 Å².